The van der Waals surface area contributed by atoms with Crippen LogP contribution in [0.1, 0.15) is 18.4 Å². The quantitative estimate of drug-likeness (QED) is 0.892. The van der Waals surface area contributed by atoms with Crippen molar-refractivity contribution in [2.45, 2.75) is 25.4 Å². The average Bonchev–Trinajstić information content (AvgIpc) is 2.63. The fourth-order valence-electron chi connectivity index (χ4n) is 3.09. The third-order valence-electron chi connectivity index (χ3n) is 4.54. The van der Waals surface area contributed by atoms with Crippen LogP contribution in [0.15, 0.2) is 60.7 Å². The number of hydrogen-bond donors (Lipinski definition) is 1. The Hall–Kier alpha value is -1.88. The Labute approximate surface area is 156 Å². The van der Waals surface area contributed by atoms with Gasteiger partial charge in [0.1, 0.15) is 0 Å². The molecule has 0 aromatic heterocycles. The number of piperidine rings is 1. The zero-order chi connectivity index (χ0) is 16.8. The summed E-state index contributed by atoms with van der Waals surface area (Å²) in [4.78, 5) is 17.0. The number of carbonyl (C=O) groups is 1. The summed E-state index contributed by atoms with van der Waals surface area (Å²) in [6.45, 7) is 2.85. The standard InChI is InChI=1S/C20H25N3O.ClH/c21-18-11-13-22(14-12-18)16-20(24)23(19-9-5-2-6-10-19)15-17-7-3-1-4-8-17;/h1-10,18H,11-16,21H2;1H. The fraction of sp³-hybridized carbons (Fsp3) is 0.350. The molecule has 0 radical (unpaired) electrons. The zero-order valence-electron chi connectivity index (χ0n) is 14.4. The van der Waals surface area contributed by atoms with Crippen molar-refractivity contribution < 1.29 is 4.79 Å². The molecular formula is C20H26ClN3O. The molecule has 0 unspecified atom stereocenters. The van der Waals surface area contributed by atoms with E-state index >= 15 is 0 Å². The maximum atomic E-state index is 13.0. The predicted octanol–water partition coefficient (Wildman–Crippen LogP) is 3.06. The lowest BCUT2D eigenvalue weighted by atomic mass is 10.1. The predicted molar refractivity (Wildman–Crippen MR) is 105 cm³/mol. The summed E-state index contributed by atoms with van der Waals surface area (Å²) < 4.78 is 0. The summed E-state index contributed by atoms with van der Waals surface area (Å²) >= 11 is 0. The van der Waals surface area contributed by atoms with E-state index in [1.807, 2.05) is 53.4 Å². The van der Waals surface area contributed by atoms with Crippen LogP contribution in [0.25, 0.3) is 0 Å². The minimum Gasteiger partial charge on any atom is -0.328 e. The lowest BCUT2D eigenvalue weighted by Gasteiger charge is -2.32. The number of rotatable bonds is 5. The largest absolute Gasteiger partial charge is 0.328 e. The summed E-state index contributed by atoms with van der Waals surface area (Å²) in [6.07, 6.45) is 1.94. The molecule has 25 heavy (non-hydrogen) atoms. The van der Waals surface area contributed by atoms with Crippen molar-refractivity contribution in [2.24, 2.45) is 5.73 Å². The summed E-state index contributed by atoms with van der Waals surface area (Å²) in [7, 11) is 0. The fourth-order valence-corrected chi connectivity index (χ4v) is 3.09. The third-order valence-corrected chi connectivity index (χ3v) is 4.54. The van der Waals surface area contributed by atoms with Crippen LogP contribution in [0.2, 0.25) is 0 Å². The van der Waals surface area contributed by atoms with E-state index in [0.29, 0.717) is 13.1 Å². The number of anilines is 1. The second-order valence-electron chi connectivity index (χ2n) is 6.41. The van der Waals surface area contributed by atoms with Crippen molar-refractivity contribution in [1.82, 2.24) is 4.90 Å². The summed E-state index contributed by atoms with van der Waals surface area (Å²) in [5.74, 6) is 0.139. The maximum Gasteiger partial charge on any atom is 0.241 e. The molecular weight excluding hydrogens is 334 g/mol. The molecule has 1 fully saturated rings. The van der Waals surface area contributed by atoms with E-state index in [9.17, 15) is 4.79 Å². The number of hydrogen-bond acceptors (Lipinski definition) is 3. The Kier molecular flexibility index (Phi) is 7.44. The summed E-state index contributed by atoms with van der Waals surface area (Å²) in [6, 6.07) is 20.3. The van der Waals surface area contributed by atoms with Gasteiger partial charge in [0, 0.05) is 24.8 Å². The van der Waals surface area contributed by atoms with E-state index in [2.05, 4.69) is 17.0 Å². The molecule has 0 spiro atoms. The van der Waals surface area contributed by atoms with Gasteiger partial charge in [-0.2, -0.15) is 0 Å². The Morgan fingerprint density at radius 2 is 1.56 bits per heavy atom. The van der Waals surface area contributed by atoms with E-state index in [-0.39, 0.29) is 24.4 Å². The molecule has 1 amide bonds. The molecule has 3 rings (SSSR count). The molecule has 2 aromatic rings. The SMILES string of the molecule is Cl.NC1CCN(CC(=O)N(Cc2ccccc2)c2ccccc2)CC1. The molecule has 2 aromatic carbocycles. The first kappa shape index (κ1) is 19.4. The second-order valence-corrected chi connectivity index (χ2v) is 6.41. The topological polar surface area (TPSA) is 49.6 Å². The Morgan fingerprint density at radius 1 is 1.00 bits per heavy atom. The van der Waals surface area contributed by atoms with Gasteiger partial charge in [-0.05, 0) is 30.5 Å². The molecule has 1 aliphatic rings. The van der Waals surface area contributed by atoms with Crippen LogP contribution in [0.3, 0.4) is 0 Å². The van der Waals surface area contributed by atoms with Crippen LogP contribution in [0.5, 0.6) is 0 Å². The highest BCUT2D eigenvalue weighted by molar-refractivity contribution is 5.94. The number of nitrogens with two attached hydrogens (primary N) is 1. The van der Waals surface area contributed by atoms with Gasteiger partial charge in [-0.25, -0.2) is 0 Å². The van der Waals surface area contributed by atoms with E-state index in [1.165, 1.54) is 0 Å². The first-order valence-corrected chi connectivity index (χ1v) is 8.59. The van der Waals surface area contributed by atoms with Crippen molar-refractivity contribution in [3.8, 4) is 0 Å². The van der Waals surface area contributed by atoms with Gasteiger partial charge >= 0.3 is 0 Å². The van der Waals surface area contributed by atoms with E-state index in [4.69, 9.17) is 5.73 Å². The first-order valence-electron chi connectivity index (χ1n) is 8.59. The molecule has 1 aliphatic heterocycles. The van der Waals surface area contributed by atoms with E-state index in [0.717, 1.165) is 37.2 Å². The van der Waals surface area contributed by atoms with Crippen molar-refractivity contribution >= 4 is 24.0 Å². The molecule has 0 aliphatic carbocycles. The van der Waals surface area contributed by atoms with Crippen molar-refractivity contribution in [2.75, 3.05) is 24.5 Å². The van der Waals surface area contributed by atoms with Gasteiger partial charge in [-0.3, -0.25) is 9.69 Å². The van der Waals surface area contributed by atoms with Crippen LogP contribution >= 0.6 is 12.4 Å². The molecule has 4 nitrogen and oxygen atoms in total. The highest BCUT2D eigenvalue weighted by Gasteiger charge is 2.22. The van der Waals surface area contributed by atoms with Gasteiger partial charge in [-0.15, -0.1) is 12.4 Å². The molecule has 5 heteroatoms. The number of amides is 1. The van der Waals surface area contributed by atoms with Gasteiger partial charge in [0.15, 0.2) is 0 Å². The first-order chi connectivity index (χ1) is 11.7. The number of para-hydroxylation sites is 1. The third kappa shape index (κ3) is 5.56. The molecule has 2 N–H and O–H groups in total. The van der Waals surface area contributed by atoms with Crippen LogP contribution in [0.4, 0.5) is 5.69 Å². The van der Waals surface area contributed by atoms with Crippen molar-refractivity contribution in [3.63, 3.8) is 0 Å². The number of halogens is 1. The zero-order valence-corrected chi connectivity index (χ0v) is 15.2. The highest BCUT2D eigenvalue weighted by atomic mass is 35.5. The Bertz CT molecular complexity index is 643. The molecule has 0 atom stereocenters. The van der Waals surface area contributed by atoms with Gasteiger partial charge in [0.25, 0.3) is 0 Å². The second kappa shape index (κ2) is 9.56. The van der Waals surface area contributed by atoms with Crippen molar-refractivity contribution in [3.05, 3.63) is 66.2 Å². The Balaban J connectivity index is 0.00000225. The van der Waals surface area contributed by atoms with Gasteiger partial charge < -0.3 is 10.6 Å². The highest BCUT2D eigenvalue weighted by Crippen LogP contribution is 2.18. The summed E-state index contributed by atoms with van der Waals surface area (Å²) in [5, 5.41) is 0. The molecule has 0 saturated carbocycles. The maximum absolute atomic E-state index is 13.0. The molecule has 0 bridgehead atoms. The van der Waals surface area contributed by atoms with Gasteiger partial charge in [0.2, 0.25) is 5.91 Å². The van der Waals surface area contributed by atoms with Crippen LogP contribution in [-0.4, -0.2) is 36.5 Å². The lowest BCUT2D eigenvalue weighted by molar-refractivity contribution is -0.120. The van der Waals surface area contributed by atoms with Crippen molar-refractivity contribution in [1.29, 1.82) is 0 Å². The number of carbonyl (C=O) groups excluding carboxylic acids is 1. The van der Waals surface area contributed by atoms with Crippen LogP contribution < -0.4 is 10.6 Å². The lowest BCUT2D eigenvalue weighted by Crippen LogP contribution is -2.45. The number of likely N-dealkylation sites (tertiary alicyclic amines) is 1. The van der Waals surface area contributed by atoms with Crippen LogP contribution in [-0.2, 0) is 11.3 Å². The molecule has 1 heterocycles. The minimum absolute atomic E-state index is 0. The number of nitrogens with zero attached hydrogens (tertiary/aromatic N) is 2. The number of benzene rings is 2. The van der Waals surface area contributed by atoms with Gasteiger partial charge in [-0.1, -0.05) is 48.5 Å². The van der Waals surface area contributed by atoms with Gasteiger partial charge in [0.05, 0.1) is 13.1 Å². The van der Waals surface area contributed by atoms with E-state index in [1.54, 1.807) is 0 Å². The Morgan fingerprint density at radius 3 is 2.16 bits per heavy atom. The minimum atomic E-state index is 0. The monoisotopic (exact) mass is 359 g/mol. The average molecular weight is 360 g/mol. The molecule has 134 valence electrons. The summed E-state index contributed by atoms with van der Waals surface area (Å²) in [5.41, 5.74) is 8.04. The normalized spacial score (nSPS) is 15.4. The van der Waals surface area contributed by atoms with E-state index < -0.39 is 0 Å². The smallest absolute Gasteiger partial charge is 0.241 e. The van der Waals surface area contributed by atoms with Crippen LogP contribution in [0, 0.1) is 0 Å². The molecule has 1 saturated heterocycles.